The van der Waals surface area contributed by atoms with E-state index in [1.807, 2.05) is 13.8 Å². The molecule has 0 aromatic heterocycles. The Balaban J connectivity index is 3.38. The maximum Gasteiger partial charge on any atom is 0.308 e. The van der Waals surface area contributed by atoms with Gasteiger partial charge in [0.25, 0.3) is 5.91 Å². The summed E-state index contributed by atoms with van der Waals surface area (Å²) in [5, 5.41) is 10.2. The van der Waals surface area contributed by atoms with Gasteiger partial charge in [-0.15, -0.1) is 0 Å². The highest BCUT2D eigenvalue weighted by molar-refractivity contribution is 6.31. The van der Waals surface area contributed by atoms with E-state index in [9.17, 15) is 14.7 Å². The highest BCUT2D eigenvalue weighted by Crippen LogP contribution is 2.31. The average molecular weight is 524 g/mol. The highest BCUT2D eigenvalue weighted by Gasteiger charge is 2.33. The summed E-state index contributed by atoms with van der Waals surface area (Å²) in [6, 6.07) is 5.31. The van der Waals surface area contributed by atoms with Gasteiger partial charge in [0.1, 0.15) is 6.10 Å². The molecule has 0 aliphatic rings. The predicted octanol–water partition coefficient (Wildman–Crippen LogP) is 4.60. The number of aliphatic hydroxyl groups excluding tert-OH is 1. The van der Waals surface area contributed by atoms with Crippen LogP contribution in [0.2, 0.25) is 0 Å². The van der Waals surface area contributed by atoms with E-state index in [0.717, 1.165) is 0 Å². The quantitative estimate of drug-likeness (QED) is 0.265. The molecule has 9 heteroatoms. The largest absolute Gasteiger partial charge is 0.493 e. The van der Waals surface area contributed by atoms with Crippen molar-refractivity contribution >= 4 is 23.5 Å². The van der Waals surface area contributed by atoms with Crippen molar-refractivity contribution in [3.05, 3.63) is 59.3 Å². The van der Waals surface area contributed by atoms with Crippen LogP contribution in [0.3, 0.4) is 0 Å². The number of nitrogens with zero attached hydrogens (tertiary/aromatic N) is 1. The van der Waals surface area contributed by atoms with Crippen molar-refractivity contribution in [1.82, 2.24) is 4.90 Å². The SMILES string of the molecule is C=C/C(Cl)=C\C=C(/C)N(CC(C)(C)CO)C(=O)[C@@H](CC(=O)OCC)OCc1cccc(OC)c1OC. The summed E-state index contributed by atoms with van der Waals surface area (Å²) in [4.78, 5) is 27.6. The van der Waals surface area contributed by atoms with Crippen molar-refractivity contribution in [2.45, 2.75) is 46.8 Å². The maximum absolute atomic E-state index is 13.8. The van der Waals surface area contributed by atoms with Gasteiger partial charge in [-0.3, -0.25) is 9.59 Å². The summed E-state index contributed by atoms with van der Waals surface area (Å²) in [5.74, 6) is -0.0295. The molecule has 0 heterocycles. The number of hydrogen-bond acceptors (Lipinski definition) is 7. The third kappa shape index (κ3) is 9.68. The smallest absolute Gasteiger partial charge is 0.308 e. The number of ether oxygens (including phenoxy) is 4. The molecule has 1 aromatic carbocycles. The van der Waals surface area contributed by atoms with Crippen molar-refractivity contribution in [3.8, 4) is 11.5 Å². The number of amides is 1. The van der Waals surface area contributed by atoms with Gasteiger partial charge in [0.2, 0.25) is 0 Å². The second-order valence-electron chi connectivity index (χ2n) is 8.77. The molecule has 200 valence electrons. The topological polar surface area (TPSA) is 94.5 Å². The Morgan fingerprint density at radius 3 is 2.47 bits per heavy atom. The second-order valence-corrected chi connectivity index (χ2v) is 9.21. The monoisotopic (exact) mass is 523 g/mol. The van der Waals surface area contributed by atoms with Crippen LogP contribution in [0, 0.1) is 5.41 Å². The zero-order valence-corrected chi connectivity index (χ0v) is 22.8. The van der Waals surface area contributed by atoms with Gasteiger partial charge in [-0.1, -0.05) is 50.2 Å². The summed E-state index contributed by atoms with van der Waals surface area (Å²) in [5.41, 5.74) is 0.577. The lowest BCUT2D eigenvalue weighted by molar-refractivity contribution is -0.155. The van der Waals surface area contributed by atoms with Gasteiger partial charge in [-0.25, -0.2) is 0 Å². The first-order chi connectivity index (χ1) is 17.0. The Morgan fingerprint density at radius 2 is 1.92 bits per heavy atom. The van der Waals surface area contributed by atoms with E-state index in [0.29, 0.717) is 27.8 Å². The third-order valence-electron chi connectivity index (χ3n) is 5.24. The minimum absolute atomic E-state index is 0.0155. The number of para-hydroxylation sites is 1. The molecule has 0 aliphatic heterocycles. The Hall–Kier alpha value is -2.81. The van der Waals surface area contributed by atoms with Crippen LogP contribution in [0.15, 0.2) is 53.7 Å². The minimum Gasteiger partial charge on any atom is -0.493 e. The second kappa shape index (κ2) is 15.3. The number of halogens is 1. The lowest BCUT2D eigenvalue weighted by Gasteiger charge is -2.34. The first-order valence-corrected chi connectivity index (χ1v) is 12.0. The number of aliphatic hydroxyl groups is 1. The predicted molar refractivity (Wildman–Crippen MR) is 140 cm³/mol. The maximum atomic E-state index is 13.8. The van der Waals surface area contributed by atoms with Crippen LogP contribution >= 0.6 is 11.6 Å². The standard InChI is InChI=1S/C27H38ClNO7/c1-8-21(28)14-13-19(3)29(17-27(4,5)18-30)26(32)23(15-24(31)35-9-2)36-16-20-11-10-12-22(33-6)25(20)34-7/h8,10-14,23,30H,1,9,15-18H2,2-7H3/b19-13+,21-14+/t23-/m1/s1. The lowest BCUT2D eigenvalue weighted by Crippen LogP contribution is -2.45. The van der Waals surface area contributed by atoms with Gasteiger partial charge in [-0.05, 0) is 32.1 Å². The Bertz CT molecular complexity index is 955. The van der Waals surface area contributed by atoms with Gasteiger partial charge >= 0.3 is 5.97 Å². The molecule has 8 nitrogen and oxygen atoms in total. The molecule has 0 saturated carbocycles. The van der Waals surface area contributed by atoms with E-state index in [-0.39, 0.29) is 32.8 Å². The minimum atomic E-state index is -1.16. The normalized spacial score (nSPS) is 13.1. The van der Waals surface area contributed by atoms with Crippen LogP contribution in [0.25, 0.3) is 0 Å². The molecule has 36 heavy (non-hydrogen) atoms. The fourth-order valence-electron chi connectivity index (χ4n) is 3.23. The molecule has 0 bridgehead atoms. The number of carbonyl (C=O) groups is 2. The molecule has 0 radical (unpaired) electrons. The number of carbonyl (C=O) groups excluding carboxylic acids is 2. The molecule has 1 aromatic rings. The number of hydrogen-bond donors (Lipinski definition) is 1. The fourth-order valence-corrected chi connectivity index (χ4v) is 3.30. The number of esters is 1. The van der Waals surface area contributed by atoms with Gasteiger partial charge in [0.15, 0.2) is 11.5 Å². The summed E-state index contributed by atoms with van der Waals surface area (Å²) in [6.45, 7) is 10.9. The Morgan fingerprint density at radius 1 is 1.22 bits per heavy atom. The number of benzene rings is 1. The van der Waals surface area contributed by atoms with Crippen molar-refractivity contribution in [3.63, 3.8) is 0 Å². The van der Waals surface area contributed by atoms with Crippen LogP contribution in [0.5, 0.6) is 11.5 Å². The number of rotatable bonds is 15. The summed E-state index contributed by atoms with van der Waals surface area (Å²) in [6.07, 6.45) is 3.31. The molecule has 1 rings (SSSR count). The molecule has 0 fully saturated rings. The highest BCUT2D eigenvalue weighted by atomic mass is 35.5. The summed E-state index contributed by atoms with van der Waals surface area (Å²) >= 11 is 6.04. The van der Waals surface area contributed by atoms with Crippen molar-refractivity contribution in [1.29, 1.82) is 0 Å². The molecule has 0 unspecified atom stereocenters. The molecule has 0 spiro atoms. The molecular weight excluding hydrogens is 486 g/mol. The molecule has 0 aliphatic carbocycles. The molecule has 1 amide bonds. The average Bonchev–Trinajstić information content (AvgIpc) is 2.87. The van der Waals surface area contributed by atoms with Gasteiger partial charge in [0.05, 0.1) is 33.9 Å². The van der Waals surface area contributed by atoms with E-state index < -0.39 is 23.4 Å². The molecule has 1 N–H and O–H groups in total. The zero-order chi connectivity index (χ0) is 27.3. The van der Waals surface area contributed by atoms with Crippen molar-refractivity contribution in [2.24, 2.45) is 5.41 Å². The van der Waals surface area contributed by atoms with E-state index in [2.05, 4.69) is 6.58 Å². The van der Waals surface area contributed by atoms with Gasteiger partial charge in [0, 0.05) is 34.9 Å². The zero-order valence-electron chi connectivity index (χ0n) is 22.0. The molecule has 0 saturated heterocycles. The van der Waals surface area contributed by atoms with E-state index >= 15 is 0 Å². The first-order valence-electron chi connectivity index (χ1n) is 11.6. The molecule has 1 atom stereocenters. The van der Waals surface area contributed by atoms with E-state index in [4.69, 9.17) is 30.5 Å². The number of methoxy groups -OCH3 is 2. The van der Waals surface area contributed by atoms with Crippen molar-refractivity contribution < 1.29 is 33.6 Å². The van der Waals surface area contributed by atoms with Crippen LogP contribution in [-0.4, -0.2) is 62.0 Å². The first kappa shape index (κ1) is 31.2. The number of allylic oxidation sites excluding steroid dienone is 5. The fraction of sp³-hybridized carbons (Fsp3) is 0.481. The summed E-state index contributed by atoms with van der Waals surface area (Å²) in [7, 11) is 3.04. The van der Waals surface area contributed by atoms with Gasteiger partial charge < -0.3 is 29.0 Å². The van der Waals surface area contributed by atoms with E-state index in [1.165, 1.54) is 25.2 Å². The Labute approximate surface area is 219 Å². The van der Waals surface area contributed by atoms with E-state index in [1.54, 1.807) is 44.2 Å². The van der Waals surface area contributed by atoms with Crippen LogP contribution in [0.4, 0.5) is 0 Å². The van der Waals surface area contributed by atoms with Crippen LogP contribution in [0.1, 0.15) is 39.7 Å². The van der Waals surface area contributed by atoms with Crippen LogP contribution in [-0.2, 0) is 25.7 Å². The Kier molecular flexibility index (Phi) is 13.3. The van der Waals surface area contributed by atoms with Gasteiger partial charge in [-0.2, -0.15) is 0 Å². The molecular formula is C27H38ClNO7. The van der Waals surface area contributed by atoms with Crippen molar-refractivity contribution in [2.75, 3.05) is 34.0 Å². The third-order valence-corrected chi connectivity index (χ3v) is 5.52. The summed E-state index contributed by atoms with van der Waals surface area (Å²) < 4.78 is 21.9. The van der Waals surface area contributed by atoms with Crippen LogP contribution < -0.4 is 9.47 Å². The lowest BCUT2D eigenvalue weighted by atomic mass is 9.93.